The molecule has 3 heterocycles. The number of aromatic nitrogens is 2. The monoisotopic (exact) mass is 526 g/mol. The number of likely N-dealkylation sites (tertiary alicyclic amines) is 1. The van der Waals surface area contributed by atoms with E-state index in [2.05, 4.69) is 37.8 Å². The first-order valence-corrected chi connectivity index (χ1v) is 13.1. The summed E-state index contributed by atoms with van der Waals surface area (Å²) in [4.78, 5) is 25.1. The van der Waals surface area contributed by atoms with Gasteiger partial charge in [-0.05, 0) is 53.0 Å². The lowest BCUT2D eigenvalue weighted by molar-refractivity contribution is -0.274. The number of thiazole rings is 1. The highest BCUT2D eigenvalue weighted by atomic mass is 32.1. The normalized spacial score (nSPS) is 21.2. The van der Waals surface area contributed by atoms with Gasteiger partial charge in [0.2, 0.25) is 0 Å². The van der Waals surface area contributed by atoms with E-state index in [1.807, 2.05) is 12.1 Å². The zero-order valence-corrected chi connectivity index (χ0v) is 20.6. The molecule has 1 saturated carbocycles. The molecule has 2 atom stereocenters. The highest BCUT2D eigenvalue weighted by molar-refractivity contribution is 7.07. The summed E-state index contributed by atoms with van der Waals surface area (Å²) in [5.74, 6) is 0.895. The van der Waals surface area contributed by atoms with Gasteiger partial charge < -0.3 is 14.6 Å². The van der Waals surface area contributed by atoms with Crippen LogP contribution >= 0.6 is 11.3 Å². The number of para-hydroxylation sites is 1. The maximum atomic E-state index is 13.2. The molecule has 2 aliphatic rings. The first-order chi connectivity index (χ1) is 17.8. The maximum absolute atomic E-state index is 13.2. The van der Waals surface area contributed by atoms with Gasteiger partial charge in [0.1, 0.15) is 11.4 Å². The molecule has 37 heavy (non-hydrogen) atoms. The van der Waals surface area contributed by atoms with E-state index in [0.717, 1.165) is 25.2 Å². The number of piperidine rings is 1. The van der Waals surface area contributed by atoms with Crippen LogP contribution in [-0.2, 0) is 13.1 Å². The lowest BCUT2D eigenvalue weighted by Crippen LogP contribution is -2.35. The van der Waals surface area contributed by atoms with Crippen LogP contribution in [0, 0.1) is 17.8 Å². The quantitative estimate of drug-likeness (QED) is 0.327. The van der Waals surface area contributed by atoms with Crippen LogP contribution in [0.3, 0.4) is 0 Å². The zero-order chi connectivity index (χ0) is 25.6. The predicted molar refractivity (Wildman–Crippen MR) is 134 cm³/mol. The topological polar surface area (TPSA) is 61.5 Å². The van der Waals surface area contributed by atoms with E-state index in [0.29, 0.717) is 35.6 Å². The molecule has 2 aromatic carbocycles. The van der Waals surface area contributed by atoms with Crippen molar-refractivity contribution in [3.63, 3.8) is 0 Å². The molecule has 0 radical (unpaired) electrons. The summed E-state index contributed by atoms with van der Waals surface area (Å²) < 4.78 is 42.1. The number of aromatic amines is 1. The third-order valence-corrected chi connectivity index (χ3v) is 7.89. The highest BCUT2D eigenvalue weighted by Gasteiger charge is 2.56. The molecule has 2 unspecified atom stereocenters. The van der Waals surface area contributed by atoms with Crippen molar-refractivity contribution in [1.29, 1.82) is 0 Å². The van der Waals surface area contributed by atoms with E-state index in [9.17, 15) is 18.0 Å². The summed E-state index contributed by atoms with van der Waals surface area (Å²) in [6, 6.07) is 16.3. The first kappa shape index (κ1) is 24.0. The number of hydrogen-bond acceptors (Lipinski definition) is 5. The number of carbonyl (C=O) groups is 1. The van der Waals surface area contributed by atoms with Gasteiger partial charge in [-0.1, -0.05) is 30.3 Å². The summed E-state index contributed by atoms with van der Waals surface area (Å²) in [6.07, 6.45) is -4.76. The lowest BCUT2D eigenvalue weighted by atomic mass is 10.1. The van der Waals surface area contributed by atoms with Crippen LogP contribution in [0.15, 0.2) is 65.5 Å². The minimum absolute atomic E-state index is 0.195. The summed E-state index contributed by atoms with van der Waals surface area (Å²) in [6.45, 7) is 3.55. The van der Waals surface area contributed by atoms with Crippen LogP contribution in [0.2, 0.25) is 0 Å². The first-order valence-electron chi connectivity index (χ1n) is 12.1. The van der Waals surface area contributed by atoms with E-state index in [1.165, 1.54) is 40.6 Å². The van der Waals surface area contributed by atoms with Gasteiger partial charge in [0.05, 0.1) is 5.51 Å². The minimum Gasteiger partial charge on any atom is -0.406 e. The molecule has 1 saturated heterocycles. The van der Waals surface area contributed by atoms with Crippen molar-refractivity contribution in [2.24, 2.45) is 17.8 Å². The number of amides is 1. The van der Waals surface area contributed by atoms with Crippen molar-refractivity contribution in [3.05, 3.63) is 82.4 Å². The number of alkyl halides is 3. The second-order valence-electron chi connectivity index (χ2n) is 9.82. The lowest BCUT2D eigenvalue weighted by Gasteiger charge is -2.25. The Kier molecular flexibility index (Phi) is 6.16. The standard InChI is InChI=1S/C27H25F3N4O2S/c28-27(29,30)36-20-6-3-4-17(8-20)10-34(26(35)25-15-37-16-31-25)14-23-21-12-33(13-22(21)23)11-19-9-18-5-1-2-7-24(18)32-19/h1-9,15-16,21-23,32H,10-14H2. The van der Waals surface area contributed by atoms with Crippen LogP contribution in [0.25, 0.3) is 10.9 Å². The number of fused-ring (bicyclic) bond motifs is 2. The summed E-state index contributed by atoms with van der Waals surface area (Å²) in [5.41, 5.74) is 4.88. The van der Waals surface area contributed by atoms with E-state index in [1.54, 1.807) is 21.9 Å². The maximum Gasteiger partial charge on any atom is 0.573 e. The predicted octanol–water partition coefficient (Wildman–Crippen LogP) is 5.54. The van der Waals surface area contributed by atoms with Gasteiger partial charge in [0.25, 0.3) is 5.91 Å². The fourth-order valence-electron chi connectivity index (χ4n) is 5.61. The van der Waals surface area contributed by atoms with E-state index >= 15 is 0 Å². The third-order valence-electron chi connectivity index (χ3n) is 7.30. The highest BCUT2D eigenvalue weighted by Crippen LogP contribution is 2.52. The molecule has 1 N–H and O–H groups in total. The van der Waals surface area contributed by atoms with Gasteiger partial charge >= 0.3 is 6.36 Å². The molecule has 6 rings (SSSR count). The van der Waals surface area contributed by atoms with Crippen molar-refractivity contribution in [3.8, 4) is 5.75 Å². The number of benzene rings is 2. The molecule has 1 aliphatic carbocycles. The Labute approximate surface area is 215 Å². The van der Waals surface area contributed by atoms with Crippen molar-refractivity contribution in [1.82, 2.24) is 19.8 Å². The Bertz CT molecular complexity index is 1360. The molecule has 1 aliphatic heterocycles. The summed E-state index contributed by atoms with van der Waals surface area (Å²) >= 11 is 1.34. The van der Waals surface area contributed by atoms with E-state index < -0.39 is 6.36 Å². The molecule has 1 amide bonds. The van der Waals surface area contributed by atoms with Gasteiger partial charge in [0.15, 0.2) is 0 Å². The van der Waals surface area contributed by atoms with E-state index in [4.69, 9.17) is 0 Å². The number of rotatable bonds is 8. The SMILES string of the molecule is O=C(c1cscn1)N(Cc1cccc(OC(F)(F)F)c1)CC1C2CN(Cc3cc4ccccc4[nH]3)CC21. The number of H-pyrrole nitrogens is 1. The van der Waals surface area contributed by atoms with Gasteiger partial charge in [-0.3, -0.25) is 9.69 Å². The summed E-state index contributed by atoms with van der Waals surface area (Å²) in [7, 11) is 0. The van der Waals surface area contributed by atoms with Crippen LogP contribution < -0.4 is 4.74 Å². The van der Waals surface area contributed by atoms with Crippen LogP contribution in [0.4, 0.5) is 13.2 Å². The van der Waals surface area contributed by atoms with Crippen LogP contribution in [0.1, 0.15) is 21.7 Å². The van der Waals surface area contributed by atoms with Crippen LogP contribution in [-0.4, -0.2) is 51.7 Å². The Morgan fingerprint density at radius 2 is 1.95 bits per heavy atom. The third kappa shape index (κ3) is 5.35. The Morgan fingerprint density at radius 1 is 1.14 bits per heavy atom. The molecular weight excluding hydrogens is 501 g/mol. The fourth-order valence-corrected chi connectivity index (χ4v) is 6.14. The van der Waals surface area contributed by atoms with Crippen molar-refractivity contribution < 1.29 is 22.7 Å². The number of carbonyl (C=O) groups excluding carboxylic acids is 1. The second-order valence-corrected chi connectivity index (χ2v) is 10.5. The number of halogens is 3. The minimum atomic E-state index is -4.76. The van der Waals surface area contributed by atoms with Gasteiger partial charge in [-0.2, -0.15) is 0 Å². The van der Waals surface area contributed by atoms with E-state index in [-0.39, 0.29) is 18.2 Å². The number of hydrogen-bond donors (Lipinski definition) is 1. The molecule has 192 valence electrons. The summed E-state index contributed by atoms with van der Waals surface area (Å²) in [5, 5.41) is 2.91. The molecule has 6 nitrogen and oxygen atoms in total. The fraction of sp³-hybridized carbons (Fsp3) is 0.333. The Balaban J connectivity index is 1.11. The molecule has 0 bridgehead atoms. The Morgan fingerprint density at radius 3 is 2.68 bits per heavy atom. The van der Waals surface area contributed by atoms with Crippen molar-refractivity contribution in [2.45, 2.75) is 19.5 Å². The van der Waals surface area contributed by atoms with Gasteiger partial charge in [-0.25, -0.2) is 4.98 Å². The Hall–Kier alpha value is -3.37. The molecule has 2 fully saturated rings. The molecule has 2 aromatic heterocycles. The van der Waals surface area contributed by atoms with Crippen LogP contribution in [0.5, 0.6) is 5.75 Å². The van der Waals surface area contributed by atoms with Gasteiger partial charge in [0, 0.05) is 49.3 Å². The smallest absolute Gasteiger partial charge is 0.406 e. The van der Waals surface area contributed by atoms with Gasteiger partial charge in [-0.15, -0.1) is 24.5 Å². The average Bonchev–Trinajstić information content (AvgIpc) is 3.35. The van der Waals surface area contributed by atoms with Crippen molar-refractivity contribution >= 4 is 28.1 Å². The number of nitrogens with zero attached hydrogens (tertiary/aromatic N) is 3. The molecule has 4 aromatic rings. The molecule has 10 heteroatoms. The zero-order valence-electron chi connectivity index (χ0n) is 19.8. The molecular formula is C27H25F3N4O2S. The average molecular weight is 527 g/mol. The molecule has 0 spiro atoms. The number of ether oxygens (including phenoxy) is 1. The second kappa shape index (κ2) is 9.50. The number of nitrogens with one attached hydrogen (secondary N) is 1. The largest absolute Gasteiger partial charge is 0.573 e. The van der Waals surface area contributed by atoms with Crippen molar-refractivity contribution in [2.75, 3.05) is 19.6 Å².